The second kappa shape index (κ2) is 8.24. The molecule has 0 N–H and O–H groups in total. The molecule has 0 spiro atoms. The van der Waals surface area contributed by atoms with Gasteiger partial charge in [-0.25, -0.2) is 0 Å². The van der Waals surface area contributed by atoms with Crippen LogP contribution in [0.4, 0.5) is 0 Å². The zero-order chi connectivity index (χ0) is 17.5. The number of rotatable bonds is 7. The molecule has 5 nitrogen and oxygen atoms in total. The molecule has 2 rings (SSSR count). The molecule has 0 fully saturated rings. The topological polar surface area (TPSA) is 48.0 Å². The van der Waals surface area contributed by atoms with Crippen LogP contribution in [-0.4, -0.2) is 38.7 Å². The van der Waals surface area contributed by atoms with E-state index in [0.29, 0.717) is 30.2 Å². The van der Waals surface area contributed by atoms with Gasteiger partial charge in [-0.3, -0.25) is 4.79 Å². The van der Waals surface area contributed by atoms with Crippen LogP contribution in [0.3, 0.4) is 0 Å². The monoisotopic (exact) mass is 329 g/mol. The summed E-state index contributed by atoms with van der Waals surface area (Å²) >= 11 is 0. The second-order valence-electron chi connectivity index (χ2n) is 5.23. The highest BCUT2D eigenvalue weighted by molar-refractivity contribution is 5.97. The molecule has 2 aromatic carbocycles. The number of carbonyl (C=O) groups excluding carboxylic acids is 1. The van der Waals surface area contributed by atoms with E-state index in [1.54, 1.807) is 44.4 Å². The van der Waals surface area contributed by atoms with Gasteiger partial charge in [0, 0.05) is 19.2 Å². The van der Waals surface area contributed by atoms with Crippen molar-refractivity contribution in [1.82, 2.24) is 4.90 Å². The molecule has 0 atom stereocenters. The molecule has 5 heteroatoms. The number of methoxy groups -OCH3 is 3. The summed E-state index contributed by atoms with van der Waals surface area (Å²) < 4.78 is 15.7. The molecule has 1 amide bonds. The minimum absolute atomic E-state index is 0.0761. The van der Waals surface area contributed by atoms with Crippen LogP contribution in [0, 0.1) is 0 Å². The number of hydrogen-bond donors (Lipinski definition) is 0. The molecule has 0 heterocycles. The zero-order valence-corrected chi connectivity index (χ0v) is 14.5. The third-order valence-corrected chi connectivity index (χ3v) is 3.84. The van der Waals surface area contributed by atoms with E-state index in [0.717, 1.165) is 11.3 Å². The van der Waals surface area contributed by atoms with Gasteiger partial charge in [0.2, 0.25) is 0 Å². The fraction of sp³-hybridized carbons (Fsp3) is 0.316. The first-order chi connectivity index (χ1) is 11.6. The Balaban J connectivity index is 2.21. The second-order valence-corrected chi connectivity index (χ2v) is 5.23. The lowest BCUT2D eigenvalue weighted by molar-refractivity contribution is 0.0749. The molecule has 0 saturated heterocycles. The molecular weight excluding hydrogens is 306 g/mol. The lowest BCUT2D eigenvalue weighted by Gasteiger charge is -2.22. The van der Waals surface area contributed by atoms with Crippen LogP contribution in [0.1, 0.15) is 22.8 Å². The number of nitrogens with zero attached hydrogens (tertiary/aromatic N) is 1. The van der Waals surface area contributed by atoms with E-state index in [2.05, 4.69) is 0 Å². The standard InChI is InChI=1S/C19H23NO4/c1-5-20(13-14-6-8-15(22-2)9-7-14)19(21)17-11-10-16(23-3)12-18(17)24-4/h6-12H,5,13H2,1-4H3. The lowest BCUT2D eigenvalue weighted by atomic mass is 10.1. The third-order valence-electron chi connectivity index (χ3n) is 3.84. The minimum atomic E-state index is -0.0761. The number of benzene rings is 2. The largest absolute Gasteiger partial charge is 0.497 e. The molecule has 24 heavy (non-hydrogen) atoms. The Morgan fingerprint density at radius 2 is 1.54 bits per heavy atom. The average Bonchev–Trinajstić information content (AvgIpc) is 2.65. The van der Waals surface area contributed by atoms with Crippen LogP contribution < -0.4 is 14.2 Å². The summed E-state index contributed by atoms with van der Waals surface area (Å²) in [6, 6.07) is 12.9. The molecule has 0 saturated carbocycles. The fourth-order valence-corrected chi connectivity index (χ4v) is 2.42. The fourth-order valence-electron chi connectivity index (χ4n) is 2.42. The van der Waals surface area contributed by atoms with Crippen LogP contribution in [0.2, 0.25) is 0 Å². The maximum absolute atomic E-state index is 12.9. The highest BCUT2D eigenvalue weighted by atomic mass is 16.5. The van der Waals surface area contributed by atoms with Crippen molar-refractivity contribution in [3.8, 4) is 17.2 Å². The van der Waals surface area contributed by atoms with Crippen molar-refractivity contribution in [1.29, 1.82) is 0 Å². The Bertz CT molecular complexity index is 682. The first-order valence-electron chi connectivity index (χ1n) is 7.77. The van der Waals surface area contributed by atoms with Crippen LogP contribution in [0.25, 0.3) is 0 Å². The normalized spacial score (nSPS) is 10.2. The van der Waals surface area contributed by atoms with Crippen molar-refractivity contribution < 1.29 is 19.0 Å². The summed E-state index contributed by atoms with van der Waals surface area (Å²) in [4.78, 5) is 14.6. The third kappa shape index (κ3) is 3.98. The number of ether oxygens (including phenoxy) is 3. The molecule has 128 valence electrons. The SMILES string of the molecule is CCN(Cc1ccc(OC)cc1)C(=O)c1ccc(OC)cc1OC. The summed E-state index contributed by atoms with van der Waals surface area (Å²) in [5.41, 5.74) is 1.56. The van der Waals surface area contributed by atoms with Gasteiger partial charge in [0.05, 0.1) is 26.9 Å². The summed E-state index contributed by atoms with van der Waals surface area (Å²) in [5.74, 6) is 1.88. The summed E-state index contributed by atoms with van der Waals surface area (Å²) in [6.45, 7) is 3.08. The highest BCUT2D eigenvalue weighted by Gasteiger charge is 2.19. The zero-order valence-electron chi connectivity index (χ0n) is 14.5. The molecule has 0 bridgehead atoms. The Morgan fingerprint density at radius 1 is 0.917 bits per heavy atom. The van der Waals surface area contributed by atoms with Crippen molar-refractivity contribution in [3.63, 3.8) is 0 Å². The van der Waals surface area contributed by atoms with E-state index < -0.39 is 0 Å². The number of hydrogen-bond acceptors (Lipinski definition) is 4. The highest BCUT2D eigenvalue weighted by Crippen LogP contribution is 2.26. The Morgan fingerprint density at radius 3 is 2.08 bits per heavy atom. The van der Waals surface area contributed by atoms with E-state index in [1.165, 1.54) is 0 Å². The van der Waals surface area contributed by atoms with E-state index >= 15 is 0 Å². The van der Waals surface area contributed by atoms with Crippen LogP contribution in [-0.2, 0) is 6.54 Å². The summed E-state index contributed by atoms with van der Waals surface area (Å²) in [6.07, 6.45) is 0. The molecule has 0 aliphatic heterocycles. The van der Waals surface area contributed by atoms with Crippen molar-refractivity contribution in [2.24, 2.45) is 0 Å². The quantitative estimate of drug-likeness (QED) is 0.781. The first-order valence-corrected chi connectivity index (χ1v) is 7.77. The summed E-state index contributed by atoms with van der Waals surface area (Å²) in [5, 5.41) is 0. The van der Waals surface area contributed by atoms with E-state index in [1.807, 2.05) is 31.2 Å². The van der Waals surface area contributed by atoms with Gasteiger partial charge in [0.25, 0.3) is 5.91 Å². The van der Waals surface area contributed by atoms with Gasteiger partial charge in [-0.1, -0.05) is 12.1 Å². The Kier molecular flexibility index (Phi) is 6.07. The van der Waals surface area contributed by atoms with Gasteiger partial charge in [-0.15, -0.1) is 0 Å². The molecule has 0 aromatic heterocycles. The predicted octanol–water partition coefficient (Wildman–Crippen LogP) is 3.37. The van der Waals surface area contributed by atoms with Gasteiger partial charge < -0.3 is 19.1 Å². The van der Waals surface area contributed by atoms with E-state index in [-0.39, 0.29) is 5.91 Å². The first kappa shape index (κ1) is 17.7. The van der Waals surface area contributed by atoms with Crippen molar-refractivity contribution >= 4 is 5.91 Å². The predicted molar refractivity (Wildman–Crippen MR) is 93.0 cm³/mol. The van der Waals surface area contributed by atoms with Crippen LogP contribution in [0.15, 0.2) is 42.5 Å². The number of carbonyl (C=O) groups is 1. The minimum Gasteiger partial charge on any atom is -0.497 e. The van der Waals surface area contributed by atoms with Gasteiger partial charge in [0.1, 0.15) is 17.2 Å². The molecule has 0 unspecified atom stereocenters. The lowest BCUT2D eigenvalue weighted by Crippen LogP contribution is -2.30. The van der Waals surface area contributed by atoms with Crippen LogP contribution in [0.5, 0.6) is 17.2 Å². The van der Waals surface area contributed by atoms with Crippen molar-refractivity contribution in [3.05, 3.63) is 53.6 Å². The van der Waals surface area contributed by atoms with Crippen molar-refractivity contribution in [2.75, 3.05) is 27.9 Å². The number of amides is 1. The molecule has 0 aliphatic carbocycles. The van der Waals surface area contributed by atoms with Crippen LogP contribution >= 0.6 is 0 Å². The molecule has 0 radical (unpaired) electrons. The van der Waals surface area contributed by atoms with Gasteiger partial charge in [0.15, 0.2) is 0 Å². The molecule has 2 aromatic rings. The van der Waals surface area contributed by atoms with Gasteiger partial charge in [-0.2, -0.15) is 0 Å². The van der Waals surface area contributed by atoms with E-state index in [9.17, 15) is 4.79 Å². The van der Waals surface area contributed by atoms with Gasteiger partial charge >= 0.3 is 0 Å². The average molecular weight is 329 g/mol. The smallest absolute Gasteiger partial charge is 0.257 e. The maximum atomic E-state index is 12.9. The Hall–Kier alpha value is -2.69. The molecule has 0 aliphatic rings. The van der Waals surface area contributed by atoms with Gasteiger partial charge in [-0.05, 0) is 36.8 Å². The summed E-state index contributed by atoms with van der Waals surface area (Å²) in [7, 11) is 4.76. The Labute approximate surface area is 142 Å². The van der Waals surface area contributed by atoms with E-state index in [4.69, 9.17) is 14.2 Å². The molecular formula is C19H23NO4. The van der Waals surface area contributed by atoms with Crippen molar-refractivity contribution in [2.45, 2.75) is 13.5 Å². The maximum Gasteiger partial charge on any atom is 0.257 e.